The maximum Gasteiger partial charge on any atom is 0.137 e. The molecule has 1 unspecified atom stereocenters. The highest BCUT2D eigenvalue weighted by atomic mass is 79.9. The van der Waals surface area contributed by atoms with Gasteiger partial charge in [0.2, 0.25) is 0 Å². The zero-order chi connectivity index (χ0) is 11.9. The summed E-state index contributed by atoms with van der Waals surface area (Å²) >= 11 is 3.49. The van der Waals surface area contributed by atoms with Gasteiger partial charge in [0.25, 0.3) is 0 Å². The standard InChI is InChI=1S/C13H15BrO2/c1-7(2)11-6-10(14)4-9-5-12(8(3)15)16-13(9)11/h4-8,15H,1-3H3. The first kappa shape index (κ1) is 11.7. The second kappa shape index (κ2) is 4.22. The van der Waals surface area contributed by atoms with E-state index in [1.165, 1.54) is 0 Å². The van der Waals surface area contributed by atoms with E-state index in [1.54, 1.807) is 6.92 Å². The molecule has 0 aliphatic rings. The Hall–Kier alpha value is -0.800. The van der Waals surface area contributed by atoms with Gasteiger partial charge in [-0.25, -0.2) is 0 Å². The largest absolute Gasteiger partial charge is 0.458 e. The number of rotatable bonds is 2. The molecule has 0 bridgehead atoms. The van der Waals surface area contributed by atoms with Gasteiger partial charge in [0.15, 0.2) is 0 Å². The molecule has 0 spiro atoms. The van der Waals surface area contributed by atoms with Gasteiger partial charge in [-0.15, -0.1) is 0 Å². The molecule has 0 aliphatic heterocycles. The van der Waals surface area contributed by atoms with E-state index in [1.807, 2.05) is 12.1 Å². The Kier molecular flexibility index (Phi) is 3.08. The Labute approximate surface area is 103 Å². The molecule has 1 aromatic heterocycles. The van der Waals surface area contributed by atoms with Gasteiger partial charge in [-0.1, -0.05) is 29.8 Å². The van der Waals surface area contributed by atoms with Gasteiger partial charge >= 0.3 is 0 Å². The van der Waals surface area contributed by atoms with Crippen molar-refractivity contribution < 1.29 is 9.52 Å². The van der Waals surface area contributed by atoms with Crippen LogP contribution in [-0.4, -0.2) is 5.11 Å². The summed E-state index contributed by atoms with van der Waals surface area (Å²) in [6, 6.07) is 5.98. The van der Waals surface area contributed by atoms with Crippen molar-refractivity contribution in [3.63, 3.8) is 0 Å². The molecule has 1 atom stereocenters. The summed E-state index contributed by atoms with van der Waals surface area (Å²) in [6.45, 7) is 5.97. The Morgan fingerprint density at radius 2 is 1.88 bits per heavy atom. The van der Waals surface area contributed by atoms with Crippen LogP contribution in [0.25, 0.3) is 11.0 Å². The molecule has 0 amide bonds. The van der Waals surface area contributed by atoms with Gasteiger partial charge in [0.05, 0.1) is 0 Å². The SMILES string of the molecule is CC(C)c1cc(Br)cc2cc(C(C)O)oc12. The summed E-state index contributed by atoms with van der Waals surface area (Å²) in [5.41, 5.74) is 2.05. The first-order valence-electron chi connectivity index (χ1n) is 5.40. The van der Waals surface area contributed by atoms with Crippen molar-refractivity contribution in [1.29, 1.82) is 0 Å². The molecule has 0 fully saturated rings. The molecule has 16 heavy (non-hydrogen) atoms. The molecule has 0 radical (unpaired) electrons. The second-order valence-corrected chi connectivity index (χ2v) is 5.31. The molecule has 1 heterocycles. The number of hydrogen-bond acceptors (Lipinski definition) is 2. The number of aliphatic hydroxyl groups excluding tert-OH is 1. The van der Waals surface area contributed by atoms with Gasteiger partial charge < -0.3 is 9.52 Å². The van der Waals surface area contributed by atoms with Crippen LogP contribution in [0.2, 0.25) is 0 Å². The van der Waals surface area contributed by atoms with Crippen LogP contribution < -0.4 is 0 Å². The molecule has 3 heteroatoms. The Balaban J connectivity index is 2.70. The van der Waals surface area contributed by atoms with Crippen molar-refractivity contribution in [1.82, 2.24) is 0 Å². The van der Waals surface area contributed by atoms with Crippen LogP contribution in [-0.2, 0) is 0 Å². The van der Waals surface area contributed by atoms with Crippen LogP contribution in [0, 0.1) is 0 Å². The third-order valence-electron chi connectivity index (χ3n) is 2.66. The minimum absolute atomic E-state index is 0.396. The zero-order valence-corrected chi connectivity index (χ0v) is 11.2. The molecule has 2 nitrogen and oxygen atoms in total. The molecule has 0 saturated carbocycles. The molecule has 0 saturated heterocycles. The van der Waals surface area contributed by atoms with E-state index < -0.39 is 6.10 Å². The lowest BCUT2D eigenvalue weighted by molar-refractivity contribution is 0.172. The summed E-state index contributed by atoms with van der Waals surface area (Å²) in [5, 5.41) is 10.6. The molecule has 86 valence electrons. The normalized spacial score (nSPS) is 13.6. The lowest BCUT2D eigenvalue weighted by Crippen LogP contribution is -1.88. The van der Waals surface area contributed by atoms with E-state index in [-0.39, 0.29) is 0 Å². The predicted octanol–water partition coefficient (Wildman–Crippen LogP) is 4.37. The average molecular weight is 283 g/mol. The highest BCUT2D eigenvalue weighted by Gasteiger charge is 2.14. The maximum atomic E-state index is 9.52. The number of furan rings is 1. The van der Waals surface area contributed by atoms with E-state index in [0.717, 1.165) is 21.0 Å². The average Bonchev–Trinajstić information content (AvgIpc) is 2.59. The molecule has 2 aromatic rings. The third kappa shape index (κ3) is 2.02. The van der Waals surface area contributed by atoms with Gasteiger partial charge in [-0.3, -0.25) is 0 Å². The number of halogens is 1. The lowest BCUT2D eigenvalue weighted by Gasteiger charge is -2.06. The van der Waals surface area contributed by atoms with E-state index in [4.69, 9.17) is 4.42 Å². The van der Waals surface area contributed by atoms with Crippen molar-refractivity contribution >= 4 is 26.9 Å². The second-order valence-electron chi connectivity index (χ2n) is 4.39. The Bertz CT molecular complexity index is 512. The van der Waals surface area contributed by atoms with Crippen LogP contribution in [0.15, 0.2) is 27.1 Å². The smallest absolute Gasteiger partial charge is 0.137 e. The third-order valence-corrected chi connectivity index (χ3v) is 3.12. The summed E-state index contributed by atoms with van der Waals surface area (Å²) in [5.74, 6) is 1.02. The summed E-state index contributed by atoms with van der Waals surface area (Å²) in [4.78, 5) is 0. The van der Waals surface area contributed by atoms with E-state index in [9.17, 15) is 5.11 Å². The molecule has 1 aromatic carbocycles. The highest BCUT2D eigenvalue weighted by Crippen LogP contribution is 2.33. The van der Waals surface area contributed by atoms with E-state index in [0.29, 0.717) is 11.7 Å². The minimum atomic E-state index is -0.564. The van der Waals surface area contributed by atoms with Crippen molar-refractivity contribution in [2.24, 2.45) is 0 Å². The van der Waals surface area contributed by atoms with Crippen LogP contribution in [0.5, 0.6) is 0 Å². The zero-order valence-electron chi connectivity index (χ0n) is 9.62. The first-order chi connectivity index (χ1) is 7.49. The topological polar surface area (TPSA) is 33.4 Å². The maximum absolute atomic E-state index is 9.52. The molecular formula is C13H15BrO2. The van der Waals surface area contributed by atoms with Crippen molar-refractivity contribution in [2.45, 2.75) is 32.8 Å². The van der Waals surface area contributed by atoms with E-state index >= 15 is 0 Å². The van der Waals surface area contributed by atoms with Gasteiger partial charge in [0.1, 0.15) is 17.4 Å². The van der Waals surface area contributed by atoms with E-state index in [2.05, 4.69) is 35.8 Å². The van der Waals surface area contributed by atoms with Crippen LogP contribution >= 0.6 is 15.9 Å². The molecule has 2 rings (SSSR count). The van der Waals surface area contributed by atoms with Crippen LogP contribution in [0.4, 0.5) is 0 Å². The Morgan fingerprint density at radius 3 is 2.44 bits per heavy atom. The summed E-state index contributed by atoms with van der Waals surface area (Å²) in [6.07, 6.45) is -0.564. The fourth-order valence-electron chi connectivity index (χ4n) is 1.80. The quantitative estimate of drug-likeness (QED) is 0.887. The Morgan fingerprint density at radius 1 is 1.19 bits per heavy atom. The number of fused-ring (bicyclic) bond motifs is 1. The van der Waals surface area contributed by atoms with Gasteiger partial charge in [0, 0.05) is 9.86 Å². The minimum Gasteiger partial charge on any atom is -0.458 e. The number of hydrogen-bond donors (Lipinski definition) is 1. The van der Waals surface area contributed by atoms with Crippen molar-refractivity contribution in [2.75, 3.05) is 0 Å². The fourth-order valence-corrected chi connectivity index (χ4v) is 2.29. The fraction of sp³-hybridized carbons (Fsp3) is 0.385. The van der Waals surface area contributed by atoms with Crippen LogP contribution in [0.3, 0.4) is 0 Å². The number of benzene rings is 1. The first-order valence-corrected chi connectivity index (χ1v) is 6.19. The molecule has 1 N–H and O–H groups in total. The van der Waals surface area contributed by atoms with Gasteiger partial charge in [-0.2, -0.15) is 0 Å². The van der Waals surface area contributed by atoms with Crippen molar-refractivity contribution in [3.05, 3.63) is 34.0 Å². The summed E-state index contributed by atoms with van der Waals surface area (Å²) in [7, 11) is 0. The lowest BCUT2D eigenvalue weighted by atomic mass is 10.0. The monoisotopic (exact) mass is 282 g/mol. The number of aliphatic hydroxyl groups is 1. The van der Waals surface area contributed by atoms with Gasteiger partial charge in [-0.05, 0) is 36.6 Å². The molecule has 0 aliphatic carbocycles. The summed E-state index contributed by atoms with van der Waals surface area (Å²) < 4.78 is 6.75. The molecular weight excluding hydrogens is 268 g/mol. The van der Waals surface area contributed by atoms with Crippen LogP contribution in [0.1, 0.15) is 44.1 Å². The highest BCUT2D eigenvalue weighted by molar-refractivity contribution is 9.10. The predicted molar refractivity (Wildman–Crippen MR) is 68.6 cm³/mol. The van der Waals surface area contributed by atoms with Crippen molar-refractivity contribution in [3.8, 4) is 0 Å².